The third kappa shape index (κ3) is 4.11. The van der Waals surface area contributed by atoms with E-state index in [1.54, 1.807) is 24.3 Å². The summed E-state index contributed by atoms with van der Waals surface area (Å²) in [6.07, 6.45) is 1.54. The molecule has 2 aliphatic heterocycles. The number of rotatable bonds is 6. The van der Waals surface area contributed by atoms with Crippen molar-refractivity contribution in [2.45, 2.75) is 18.9 Å². The van der Waals surface area contributed by atoms with Crippen molar-refractivity contribution in [3.05, 3.63) is 53.6 Å². The Bertz CT molecular complexity index is 1000. The van der Waals surface area contributed by atoms with Crippen molar-refractivity contribution in [2.75, 3.05) is 38.9 Å². The standard InChI is InChI=1S/C23H25N3O5/c1-30-19-12-17-18(13-20(19)31-2)26(23(29)21(17)27)14-25-10-8-16(9-11-25)24-22(28)15-6-4-3-5-7-15/h3-7,12-13,16H,8-11,14H2,1-2H3,(H,24,28). The van der Waals surface area contributed by atoms with Crippen LogP contribution in [0.15, 0.2) is 42.5 Å². The van der Waals surface area contributed by atoms with Crippen LogP contribution >= 0.6 is 0 Å². The lowest BCUT2D eigenvalue weighted by atomic mass is 10.0. The van der Waals surface area contributed by atoms with Crippen LogP contribution in [0, 0.1) is 0 Å². The van der Waals surface area contributed by atoms with Crippen LogP contribution in [0.1, 0.15) is 33.6 Å². The van der Waals surface area contributed by atoms with Gasteiger partial charge < -0.3 is 14.8 Å². The van der Waals surface area contributed by atoms with Gasteiger partial charge in [-0.15, -0.1) is 0 Å². The third-order valence-corrected chi connectivity index (χ3v) is 5.78. The Kier molecular flexibility index (Phi) is 5.90. The molecule has 8 nitrogen and oxygen atoms in total. The summed E-state index contributed by atoms with van der Waals surface area (Å²) in [6, 6.07) is 12.5. The molecule has 162 valence electrons. The fraction of sp³-hybridized carbons (Fsp3) is 0.348. The highest BCUT2D eigenvalue weighted by Crippen LogP contribution is 2.39. The van der Waals surface area contributed by atoms with Crippen LogP contribution in [0.2, 0.25) is 0 Å². The molecule has 2 heterocycles. The van der Waals surface area contributed by atoms with Gasteiger partial charge in [0.1, 0.15) is 0 Å². The number of benzene rings is 2. The van der Waals surface area contributed by atoms with Crippen LogP contribution < -0.4 is 19.7 Å². The number of hydrogen-bond donors (Lipinski definition) is 1. The van der Waals surface area contributed by atoms with E-state index in [2.05, 4.69) is 10.2 Å². The number of fused-ring (bicyclic) bond motifs is 1. The highest BCUT2D eigenvalue weighted by atomic mass is 16.5. The van der Waals surface area contributed by atoms with Crippen molar-refractivity contribution in [1.29, 1.82) is 0 Å². The van der Waals surface area contributed by atoms with E-state index in [0.29, 0.717) is 48.1 Å². The Labute approximate surface area is 180 Å². The molecule has 1 N–H and O–H groups in total. The maximum atomic E-state index is 12.6. The molecule has 2 amide bonds. The zero-order valence-corrected chi connectivity index (χ0v) is 17.6. The highest BCUT2D eigenvalue weighted by Gasteiger charge is 2.38. The lowest BCUT2D eigenvalue weighted by Crippen LogP contribution is -2.48. The summed E-state index contributed by atoms with van der Waals surface area (Å²) in [6.45, 7) is 1.73. The number of Topliss-reactive ketones (excluding diaryl/α,β-unsaturated/α-hetero) is 1. The van der Waals surface area contributed by atoms with Gasteiger partial charge in [0.25, 0.3) is 11.7 Å². The molecule has 0 radical (unpaired) electrons. The number of methoxy groups -OCH3 is 2. The maximum absolute atomic E-state index is 12.6. The number of nitrogens with one attached hydrogen (secondary N) is 1. The quantitative estimate of drug-likeness (QED) is 0.716. The molecule has 0 spiro atoms. The monoisotopic (exact) mass is 423 g/mol. The largest absolute Gasteiger partial charge is 0.493 e. The molecule has 1 fully saturated rings. The number of piperidine rings is 1. The van der Waals surface area contributed by atoms with Gasteiger partial charge in [-0.05, 0) is 31.0 Å². The van der Waals surface area contributed by atoms with E-state index in [9.17, 15) is 14.4 Å². The smallest absolute Gasteiger partial charge is 0.300 e. The summed E-state index contributed by atoms with van der Waals surface area (Å²) >= 11 is 0. The van der Waals surface area contributed by atoms with E-state index < -0.39 is 11.7 Å². The van der Waals surface area contributed by atoms with Crippen molar-refractivity contribution in [2.24, 2.45) is 0 Å². The van der Waals surface area contributed by atoms with Gasteiger partial charge in [-0.25, -0.2) is 0 Å². The predicted molar refractivity (Wildman–Crippen MR) is 115 cm³/mol. The number of anilines is 1. The first kappa shape index (κ1) is 20.9. The minimum atomic E-state index is -0.551. The molecule has 8 heteroatoms. The van der Waals surface area contributed by atoms with Gasteiger partial charge in [0, 0.05) is 30.8 Å². The van der Waals surface area contributed by atoms with Gasteiger partial charge in [-0.2, -0.15) is 0 Å². The first-order chi connectivity index (χ1) is 15.0. The van der Waals surface area contributed by atoms with E-state index >= 15 is 0 Å². The number of ether oxygens (including phenoxy) is 2. The van der Waals surface area contributed by atoms with Gasteiger partial charge in [0.05, 0.1) is 32.1 Å². The van der Waals surface area contributed by atoms with Gasteiger partial charge >= 0.3 is 5.91 Å². The van der Waals surface area contributed by atoms with E-state index in [1.165, 1.54) is 19.1 Å². The third-order valence-electron chi connectivity index (χ3n) is 5.78. The molecule has 0 saturated carbocycles. The molecule has 2 aromatic rings. The van der Waals surface area contributed by atoms with Crippen molar-refractivity contribution < 1.29 is 23.9 Å². The lowest BCUT2D eigenvalue weighted by Gasteiger charge is -2.34. The molecule has 0 bridgehead atoms. The number of carbonyl (C=O) groups is 3. The van der Waals surface area contributed by atoms with Crippen LogP contribution in [-0.4, -0.2) is 62.5 Å². The van der Waals surface area contributed by atoms with Gasteiger partial charge in [0.15, 0.2) is 11.5 Å². The van der Waals surface area contributed by atoms with Crippen molar-refractivity contribution in [1.82, 2.24) is 10.2 Å². The van der Waals surface area contributed by atoms with Gasteiger partial charge in [-0.1, -0.05) is 18.2 Å². The summed E-state index contributed by atoms with van der Waals surface area (Å²) in [5.74, 6) is -0.282. The number of carbonyl (C=O) groups excluding carboxylic acids is 3. The number of hydrogen-bond acceptors (Lipinski definition) is 6. The first-order valence-corrected chi connectivity index (χ1v) is 10.2. The van der Waals surface area contributed by atoms with Crippen LogP contribution in [0.5, 0.6) is 11.5 Å². The average molecular weight is 423 g/mol. The predicted octanol–water partition coefficient (Wildman–Crippen LogP) is 2.08. The van der Waals surface area contributed by atoms with E-state index in [0.717, 1.165) is 12.8 Å². The number of likely N-dealkylation sites (tertiary alicyclic amines) is 1. The second-order valence-corrected chi connectivity index (χ2v) is 7.66. The number of ketones is 1. The molecule has 0 aliphatic carbocycles. The van der Waals surface area contributed by atoms with Gasteiger partial charge in [-0.3, -0.25) is 24.2 Å². The first-order valence-electron chi connectivity index (χ1n) is 10.2. The highest BCUT2D eigenvalue weighted by molar-refractivity contribution is 6.52. The summed E-state index contributed by atoms with van der Waals surface area (Å²) in [7, 11) is 3.01. The molecular weight excluding hydrogens is 398 g/mol. The molecular formula is C23H25N3O5. The van der Waals surface area contributed by atoms with Crippen LogP contribution in [0.4, 0.5) is 5.69 Å². The van der Waals surface area contributed by atoms with Crippen molar-refractivity contribution in [3.8, 4) is 11.5 Å². The Morgan fingerprint density at radius 3 is 2.32 bits per heavy atom. The second kappa shape index (κ2) is 8.77. The zero-order chi connectivity index (χ0) is 22.0. The molecule has 0 aromatic heterocycles. The maximum Gasteiger partial charge on any atom is 0.300 e. The Morgan fingerprint density at radius 1 is 1.03 bits per heavy atom. The van der Waals surface area contributed by atoms with E-state index in [1.807, 2.05) is 18.2 Å². The minimum absolute atomic E-state index is 0.0747. The minimum Gasteiger partial charge on any atom is -0.493 e. The average Bonchev–Trinajstić information content (AvgIpc) is 3.04. The summed E-state index contributed by atoms with van der Waals surface area (Å²) in [5.41, 5.74) is 1.51. The molecule has 0 unspecified atom stereocenters. The van der Waals surface area contributed by atoms with Gasteiger partial charge in [0.2, 0.25) is 0 Å². The van der Waals surface area contributed by atoms with E-state index in [-0.39, 0.29) is 11.9 Å². The lowest BCUT2D eigenvalue weighted by molar-refractivity contribution is -0.114. The molecule has 0 atom stereocenters. The molecule has 1 saturated heterocycles. The summed E-state index contributed by atoms with van der Waals surface area (Å²) < 4.78 is 10.6. The van der Waals surface area contributed by atoms with Crippen molar-refractivity contribution in [3.63, 3.8) is 0 Å². The molecule has 2 aliphatic rings. The Hall–Kier alpha value is -3.39. The SMILES string of the molecule is COc1cc2c(cc1OC)N(CN1CCC(NC(=O)c3ccccc3)CC1)C(=O)C2=O. The summed E-state index contributed by atoms with van der Waals surface area (Å²) in [4.78, 5) is 41.1. The van der Waals surface area contributed by atoms with Crippen LogP contribution in [-0.2, 0) is 4.79 Å². The zero-order valence-electron chi connectivity index (χ0n) is 17.6. The Balaban J connectivity index is 1.39. The fourth-order valence-corrected chi connectivity index (χ4v) is 4.04. The summed E-state index contributed by atoms with van der Waals surface area (Å²) in [5, 5.41) is 3.08. The molecule has 31 heavy (non-hydrogen) atoms. The fourth-order valence-electron chi connectivity index (χ4n) is 4.04. The van der Waals surface area contributed by atoms with Crippen LogP contribution in [0.3, 0.4) is 0 Å². The van der Waals surface area contributed by atoms with Crippen LogP contribution in [0.25, 0.3) is 0 Å². The Morgan fingerprint density at radius 2 is 1.68 bits per heavy atom. The van der Waals surface area contributed by atoms with Crippen molar-refractivity contribution >= 4 is 23.3 Å². The van der Waals surface area contributed by atoms with E-state index in [4.69, 9.17) is 9.47 Å². The second-order valence-electron chi connectivity index (χ2n) is 7.66. The topological polar surface area (TPSA) is 88.2 Å². The molecule has 4 rings (SSSR count). The number of nitrogens with zero attached hydrogens (tertiary/aromatic N) is 2. The molecule has 2 aromatic carbocycles. The normalized spacial score (nSPS) is 16.9. The number of amides is 2.